The molecule has 0 aromatic heterocycles. The number of likely N-dealkylation sites (tertiary alicyclic amines) is 1. The van der Waals surface area contributed by atoms with Crippen LogP contribution in [0, 0.1) is 23.7 Å². The van der Waals surface area contributed by atoms with Crippen molar-refractivity contribution >= 4 is 66.9 Å². The number of amides is 3. The third kappa shape index (κ3) is 3.30. The molecule has 11 heteroatoms. The number of alkyl halides is 5. The number of hydrogen-bond donors (Lipinski definition) is 1. The van der Waals surface area contributed by atoms with Crippen LogP contribution in [0.25, 0.3) is 0 Å². The molecule has 1 N–H and O–H groups in total. The fourth-order valence-corrected chi connectivity index (χ4v) is 6.94. The summed E-state index contributed by atoms with van der Waals surface area (Å²) >= 11 is 13.1. The minimum atomic E-state index is -4.61. The first kappa shape index (κ1) is 22.1. The number of hydrogen-bond acceptors (Lipinski definition) is 3. The van der Waals surface area contributed by atoms with Crippen LogP contribution in [-0.4, -0.2) is 38.3 Å². The molecule has 3 fully saturated rings. The summed E-state index contributed by atoms with van der Waals surface area (Å²) in [5.41, 5.74) is -1.20. The average Bonchev–Trinajstić information content (AvgIpc) is 3.27. The number of fused-ring (bicyclic) bond motifs is 5. The molecule has 2 bridgehead atoms. The Morgan fingerprint density at radius 2 is 1.70 bits per heavy atom. The zero-order valence-corrected chi connectivity index (χ0v) is 19.3. The highest BCUT2D eigenvalue weighted by Crippen LogP contribution is 2.60. The Morgan fingerprint density at radius 3 is 2.20 bits per heavy atom. The molecule has 2 aliphatic carbocycles. The van der Waals surface area contributed by atoms with Crippen LogP contribution in [0.15, 0.2) is 18.2 Å². The molecule has 4 rings (SSSR count). The van der Waals surface area contributed by atoms with Crippen LogP contribution in [0.4, 0.5) is 18.9 Å². The minimum Gasteiger partial charge on any atom is -0.323 e. The van der Waals surface area contributed by atoms with Crippen molar-refractivity contribution in [2.75, 3.05) is 5.32 Å². The highest BCUT2D eigenvalue weighted by Gasteiger charge is 2.67. The van der Waals surface area contributed by atoms with Crippen LogP contribution in [-0.2, 0) is 20.6 Å². The van der Waals surface area contributed by atoms with Crippen molar-refractivity contribution < 1.29 is 27.6 Å². The van der Waals surface area contributed by atoms with E-state index < -0.39 is 47.3 Å². The zero-order chi connectivity index (χ0) is 22.1. The number of halogens is 6. The molecule has 1 aromatic carbocycles. The van der Waals surface area contributed by atoms with E-state index in [9.17, 15) is 27.6 Å². The first-order valence-electron chi connectivity index (χ1n) is 9.26. The standard InChI is InChI=1S/C19H16Br2ClF3N2O3/c1-6(16(28)26-11-4-7(19(23,24)25)2-3-10(11)22)27-17(29)12-8-5-9(13(12)18(27)30)15(21)14(8)20/h2-4,6,8-9,12-15H,5H2,1H3,(H,26,28)/t6-,8-,9-,12-,13-,14+,15+/m1/s1. The van der Waals surface area contributed by atoms with Crippen LogP contribution >= 0.6 is 43.5 Å². The van der Waals surface area contributed by atoms with Gasteiger partial charge in [0, 0.05) is 9.65 Å². The van der Waals surface area contributed by atoms with Gasteiger partial charge in [-0.2, -0.15) is 13.2 Å². The molecule has 7 atom stereocenters. The van der Waals surface area contributed by atoms with Gasteiger partial charge in [-0.05, 0) is 43.4 Å². The molecule has 3 aliphatic rings. The molecule has 0 unspecified atom stereocenters. The molecular weight excluding hydrogens is 556 g/mol. The van der Waals surface area contributed by atoms with E-state index in [4.69, 9.17) is 11.6 Å². The normalized spacial score (nSPS) is 33.8. The lowest BCUT2D eigenvalue weighted by molar-refractivity contribution is -0.146. The second-order valence-corrected chi connectivity index (χ2v) is 10.4. The van der Waals surface area contributed by atoms with Gasteiger partial charge in [-0.15, -0.1) is 0 Å². The summed E-state index contributed by atoms with van der Waals surface area (Å²) in [6, 6.07) is 1.38. The van der Waals surface area contributed by atoms with Crippen LogP contribution in [0.1, 0.15) is 18.9 Å². The Bertz CT molecular complexity index is 912. The summed E-state index contributed by atoms with van der Waals surface area (Å²) in [6.45, 7) is 1.38. The van der Waals surface area contributed by atoms with Crippen molar-refractivity contribution in [1.29, 1.82) is 0 Å². The maximum absolute atomic E-state index is 13.0. The lowest BCUT2D eigenvalue weighted by Gasteiger charge is -2.28. The summed E-state index contributed by atoms with van der Waals surface area (Å²) in [6.07, 6.45) is -3.85. The predicted molar refractivity (Wildman–Crippen MR) is 110 cm³/mol. The van der Waals surface area contributed by atoms with Crippen molar-refractivity contribution in [2.45, 2.75) is 35.2 Å². The third-order valence-corrected chi connectivity index (χ3v) is 9.88. The second kappa shape index (κ2) is 7.48. The van der Waals surface area contributed by atoms with Gasteiger partial charge in [0.25, 0.3) is 0 Å². The maximum atomic E-state index is 13.0. The van der Waals surface area contributed by atoms with E-state index in [0.29, 0.717) is 0 Å². The van der Waals surface area contributed by atoms with E-state index in [-0.39, 0.29) is 32.2 Å². The number of imide groups is 1. The molecule has 162 valence electrons. The number of carbonyl (C=O) groups excluding carboxylic acids is 3. The SMILES string of the molecule is C[C@H](C(=O)Nc1cc(C(F)(F)F)ccc1Cl)N1C(=O)[C@@H]2[C@H]3C[C@@H]([C@H](Br)[C@H]3Br)[C@H]2C1=O. The average molecular weight is 573 g/mol. The summed E-state index contributed by atoms with van der Waals surface area (Å²) in [7, 11) is 0. The Morgan fingerprint density at radius 1 is 1.17 bits per heavy atom. The highest BCUT2D eigenvalue weighted by molar-refractivity contribution is 9.12. The van der Waals surface area contributed by atoms with E-state index in [1.165, 1.54) is 6.92 Å². The summed E-state index contributed by atoms with van der Waals surface area (Å²) in [5, 5.41) is 2.24. The first-order chi connectivity index (χ1) is 13.9. The van der Waals surface area contributed by atoms with Gasteiger partial charge in [0.2, 0.25) is 17.7 Å². The maximum Gasteiger partial charge on any atom is 0.416 e. The fraction of sp³-hybridized carbons (Fsp3) is 0.526. The second-order valence-electron chi connectivity index (χ2n) is 7.91. The minimum absolute atomic E-state index is 0.000928. The molecule has 3 amide bonds. The molecule has 0 radical (unpaired) electrons. The number of carbonyl (C=O) groups is 3. The topological polar surface area (TPSA) is 66.5 Å². The molecule has 1 saturated heterocycles. The highest BCUT2D eigenvalue weighted by atomic mass is 79.9. The van der Waals surface area contributed by atoms with Crippen molar-refractivity contribution in [3.05, 3.63) is 28.8 Å². The summed E-state index contributed by atoms with van der Waals surface area (Å²) in [5.74, 6) is -2.55. The molecule has 1 aliphatic heterocycles. The lowest BCUT2D eigenvalue weighted by Crippen LogP contribution is -2.46. The Balaban J connectivity index is 1.55. The Kier molecular flexibility index (Phi) is 5.50. The van der Waals surface area contributed by atoms with Crippen LogP contribution in [0.2, 0.25) is 5.02 Å². The van der Waals surface area contributed by atoms with Crippen molar-refractivity contribution in [3.63, 3.8) is 0 Å². The van der Waals surface area contributed by atoms with Gasteiger partial charge in [-0.1, -0.05) is 43.5 Å². The smallest absolute Gasteiger partial charge is 0.323 e. The summed E-state index contributed by atoms with van der Waals surface area (Å²) < 4.78 is 38.9. The fourth-order valence-electron chi connectivity index (χ4n) is 4.91. The Hall–Kier alpha value is -1.13. The number of anilines is 1. The van der Waals surface area contributed by atoms with Gasteiger partial charge >= 0.3 is 6.18 Å². The van der Waals surface area contributed by atoms with Crippen LogP contribution in [0.3, 0.4) is 0 Å². The van der Waals surface area contributed by atoms with E-state index >= 15 is 0 Å². The first-order valence-corrected chi connectivity index (χ1v) is 11.5. The van der Waals surface area contributed by atoms with Crippen molar-refractivity contribution in [1.82, 2.24) is 4.90 Å². The van der Waals surface area contributed by atoms with Gasteiger partial charge in [0.1, 0.15) is 6.04 Å². The molecule has 0 spiro atoms. The third-order valence-electron chi connectivity index (χ3n) is 6.34. The molecule has 2 saturated carbocycles. The van der Waals surface area contributed by atoms with Gasteiger partial charge in [0.05, 0.1) is 28.1 Å². The monoisotopic (exact) mass is 570 g/mol. The van der Waals surface area contributed by atoms with Gasteiger partial charge < -0.3 is 5.32 Å². The van der Waals surface area contributed by atoms with Gasteiger partial charge in [-0.25, -0.2) is 0 Å². The van der Waals surface area contributed by atoms with Crippen molar-refractivity contribution in [3.8, 4) is 0 Å². The number of benzene rings is 1. The number of rotatable bonds is 3. The van der Waals surface area contributed by atoms with Crippen LogP contribution in [0.5, 0.6) is 0 Å². The van der Waals surface area contributed by atoms with E-state index in [0.717, 1.165) is 29.5 Å². The molecular formula is C19H16Br2ClF3N2O3. The van der Waals surface area contributed by atoms with Crippen LogP contribution < -0.4 is 5.32 Å². The molecule has 30 heavy (non-hydrogen) atoms. The van der Waals surface area contributed by atoms with E-state index in [2.05, 4.69) is 37.2 Å². The zero-order valence-electron chi connectivity index (χ0n) is 15.4. The number of nitrogens with zero attached hydrogens (tertiary/aromatic N) is 1. The molecule has 1 heterocycles. The molecule has 1 aromatic rings. The largest absolute Gasteiger partial charge is 0.416 e. The van der Waals surface area contributed by atoms with Crippen molar-refractivity contribution in [2.24, 2.45) is 23.7 Å². The molecule has 5 nitrogen and oxygen atoms in total. The van der Waals surface area contributed by atoms with Gasteiger partial charge in [-0.3, -0.25) is 19.3 Å². The quantitative estimate of drug-likeness (QED) is 0.430. The predicted octanol–water partition coefficient (Wildman–Crippen LogP) is 4.46. The number of nitrogens with one attached hydrogen (secondary N) is 1. The van der Waals surface area contributed by atoms with Gasteiger partial charge in [0.15, 0.2) is 0 Å². The Labute approximate surface area is 191 Å². The summed E-state index contributed by atoms with van der Waals surface area (Å²) in [4.78, 5) is 39.8. The lowest BCUT2D eigenvalue weighted by atomic mass is 9.81. The van der Waals surface area contributed by atoms with E-state index in [1.54, 1.807) is 0 Å². The van der Waals surface area contributed by atoms with E-state index in [1.807, 2.05) is 0 Å².